The van der Waals surface area contributed by atoms with E-state index in [1.807, 2.05) is 11.9 Å². The Kier molecular flexibility index (Phi) is 11.4. The maximum Gasteiger partial charge on any atom is 0.326 e. The lowest BCUT2D eigenvalue weighted by molar-refractivity contribution is -0.140. The van der Waals surface area contributed by atoms with Crippen molar-refractivity contribution in [2.24, 2.45) is 0 Å². The highest BCUT2D eigenvalue weighted by atomic mass is 32.1. The fourth-order valence-corrected chi connectivity index (χ4v) is 5.41. The van der Waals surface area contributed by atoms with Crippen molar-refractivity contribution >= 4 is 69.8 Å². The topological polar surface area (TPSA) is 327 Å². The number of carboxylic acid groups (broad SMARTS) is 2. The van der Waals surface area contributed by atoms with E-state index in [4.69, 9.17) is 38.6 Å². The van der Waals surface area contributed by atoms with Gasteiger partial charge in [0.15, 0.2) is 27.9 Å². The number of nitrogens with two attached hydrogens (primary N) is 2. The monoisotopic (exact) mass is 738 g/mol. The van der Waals surface area contributed by atoms with E-state index in [1.165, 1.54) is 29.4 Å². The fraction of sp³-hybridized carbons (Fsp3) is 0.333. The van der Waals surface area contributed by atoms with Crippen LogP contribution in [-0.2, 0) is 20.9 Å². The summed E-state index contributed by atoms with van der Waals surface area (Å²) in [5, 5.41) is 49.0. The predicted molar refractivity (Wildman–Crippen MR) is 184 cm³/mol. The van der Waals surface area contributed by atoms with Gasteiger partial charge >= 0.3 is 11.9 Å². The number of carboxylic acids is 2. The Morgan fingerprint density at radius 2 is 1.79 bits per heavy atom. The van der Waals surface area contributed by atoms with Gasteiger partial charge in [-0.3, -0.25) is 14.2 Å². The molecule has 0 aliphatic carbocycles. The van der Waals surface area contributed by atoms with Crippen molar-refractivity contribution in [3.8, 4) is 0 Å². The number of nitrogen functional groups attached to an aromatic ring is 2. The number of carbonyl (C=O) groups excluding carboxylic acids is 1. The summed E-state index contributed by atoms with van der Waals surface area (Å²) in [6.07, 6.45) is -0.163. The molecule has 22 heteroatoms. The molecule has 0 radical (unpaired) electrons. The van der Waals surface area contributed by atoms with Gasteiger partial charge in [-0.15, -0.1) is 0 Å². The number of aliphatic hydroxyl groups excluding tert-OH is 3. The number of nitrogens with zero attached hydrogens (tertiary/aromatic N) is 8. The van der Waals surface area contributed by atoms with Gasteiger partial charge in [0, 0.05) is 24.7 Å². The summed E-state index contributed by atoms with van der Waals surface area (Å²) in [6, 6.07) is 5.16. The molecule has 1 saturated heterocycles. The minimum absolute atomic E-state index is 0.0138. The molecule has 1 aromatic carbocycles. The summed E-state index contributed by atoms with van der Waals surface area (Å²) in [7, 11) is 1.82. The number of ether oxygens (including phenoxy) is 1. The number of imidazole rings is 1. The Hall–Kier alpha value is -5.94. The molecule has 11 N–H and O–H groups in total. The number of aromatic amines is 1. The summed E-state index contributed by atoms with van der Waals surface area (Å²) >= 11 is 5.04. The molecule has 52 heavy (non-hydrogen) atoms. The summed E-state index contributed by atoms with van der Waals surface area (Å²) in [6.45, 7) is -0.00646. The molecule has 0 bridgehead atoms. The zero-order valence-electron chi connectivity index (χ0n) is 27.3. The summed E-state index contributed by atoms with van der Waals surface area (Å²) < 4.78 is 7.28. The molecule has 5 atom stereocenters. The first-order valence-corrected chi connectivity index (χ1v) is 15.8. The number of anilines is 3. The first-order chi connectivity index (χ1) is 24.8. The number of fused-ring (bicyclic) bond motifs is 2. The van der Waals surface area contributed by atoms with E-state index in [-0.39, 0.29) is 36.8 Å². The number of H-pyrrole nitrogens is 1. The molecule has 21 nitrogen and oxygen atoms in total. The molecule has 5 aromatic rings. The van der Waals surface area contributed by atoms with Gasteiger partial charge in [0.2, 0.25) is 5.95 Å². The van der Waals surface area contributed by atoms with Crippen molar-refractivity contribution < 1.29 is 44.7 Å². The first-order valence-electron chi connectivity index (χ1n) is 15.4. The van der Waals surface area contributed by atoms with Crippen molar-refractivity contribution in [3.05, 3.63) is 59.0 Å². The fourth-order valence-electron chi connectivity index (χ4n) is 5.20. The van der Waals surface area contributed by atoms with E-state index >= 15 is 0 Å². The second kappa shape index (κ2) is 15.9. The Balaban J connectivity index is 0.000000231. The standard InChI is InChI=1S/C20H22N8O5.C10H12N4O4S/c1-28(9-11-8-23-17-15(24-11)16(21)26-20(22)27-17)12-4-2-10(3-5-12)18(31)25-13(19(32)33)6-7-14(29)30;15-1-4-6(16)7(17)10(18-4)14-3-13-5-8(14)11-2-12-9(5)19/h2-5,8,13H,6-7,9H2,1H3,(H,25,31)(H,29,30)(H,32,33)(H4,21,22,23,26,27);2-4,6-7,10,15-17H,1H2,(H,11,12,19)/t13-;4-,6-,7-,10-/m01/s1. The summed E-state index contributed by atoms with van der Waals surface area (Å²) in [5.74, 6) is -2.91. The highest BCUT2D eigenvalue weighted by molar-refractivity contribution is 7.71. The minimum atomic E-state index is -1.30. The number of nitrogens with one attached hydrogen (secondary N) is 2. The quantitative estimate of drug-likeness (QED) is 0.0761. The molecule has 1 fully saturated rings. The summed E-state index contributed by atoms with van der Waals surface area (Å²) in [5.41, 5.74) is 14.7. The lowest BCUT2D eigenvalue weighted by Crippen LogP contribution is -2.41. The molecular formula is C30H34N12O9S. The van der Waals surface area contributed by atoms with Crippen LogP contribution in [0.2, 0.25) is 0 Å². The van der Waals surface area contributed by atoms with Crippen LogP contribution in [0.25, 0.3) is 22.3 Å². The van der Waals surface area contributed by atoms with Gasteiger partial charge in [-0.05, 0) is 30.7 Å². The van der Waals surface area contributed by atoms with Gasteiger partial charge in [-0.1, -0.05) is 12.2 Å². The van der Waals surface area contributed by atoms with Crippen LogP contribution in [0.3, 0.4) is 0 Å². The first kappa shape index (κ1) is 37.3. The molecule has 1 aliphatic heterocycles. The Morgan fingerprint density at radius 3 is 2.44 bits per heavy atom. The van der Waals surface area contributed by atoms with E-state index in [2.05, 4.69) is 40.2 Å². The molecular weight excluding hydrogens is 704 g/mol. The van der Waals surface area contributed by atoms with Gasteiger partial charge in [0.1, 0.15) is 35.5 Å². The maximum absolute atomic E-state index is 12.4. The van der Waals surface area contributed by atoms with Gasteiger partial charge in [-0.2, -0.15) is 9.97 Å². The average molecular weight is 739 g/mol. The zero-order valence-corrected chi connectivity index (χ0v) is 28.1. The van der Waals surface area contributed by atoms with E-state index < -0.39 is 48.4 Å². The van der Waals surface area contributed by atoms with Crippen LogP contribution in [0.4, 0.5) is 17.5 Å². The molecule has 5 heterocycles. The van der Waals surface area contributed by atoms with Crippen LogP contribution in [-0.4, -0.2) is 121 Å². The highest BCUT2D eigenvalue weighted by Crippen LogP contribution is 2.31. The second-order valence-electron chi connectivity index (χ2n) is 11.5. The Morgan fingerprint density at radius 1 is 1.06 bits per heavy atom. The van der Waals surface area contributed by atoms with Crippen LogP contribution in [0.1, 0.15) is 35.1 Å². The second-order valence-corrected chi connectivity index (χ2v) is 11.9. The molecule has 0 spiro atoms. The zero-order chi connectivity index (χ0) is 37.7. The minimum Gasteiger partial charge on any atom is -0.481 e. The molecule has 6 rings (SSSR count). The normalized spacial score (nSPS) is 18.8. The summed E-state index contributed by atoms with van der Waals surface area (Å²) in [4.78, 5) is 63.6. The third-order valence-electron chi connectivity index (χ3n) is 7.89. The van der Waals surface area contributed by atoms with E-state index in [9.17, 15) is 29.7 Å². The molecule has 1 amide bonds. The van der Waals surface area contributed by atoms with Crippen LogP contribution in [0.5, 0.6) is 0 Å². The van der Waals surface area contributed by atoms with Crippen molar-refractivity contribution in [2.75, 3.05) is 30.0 Å². The lowest BCUT2D eigenvalue weighted by atomic mass is 10.1. The number of aromatic nitrogens is 8. The van der Waals surface area contributed by atoms with E-state index in [0.717, 1.165) is 5.69 Å². The average Bonchev–Trinajstić information content (AvgIpc) is 3.67. The molecule has 0 unspecified atom stereocenters. The predicted octanol–water partition coefficient (Wildman–Crippen LogP) is -0.631. The van der Waals surface area contributed by atoms with E-state index in [0.29, 0.717) is 39.2 Å². The number of hydrogen-bond donors (Lipinski definition) is 9. The Labute approximate surface area is 298 Å². The van der Waals surface area contributed by atoms with Crippen LogP contribution in [0.15, 0.2) is 43.1 Å². The van der Waals surface area contributed by atoms with E-state index in [1.54, 1.807) is 18.3 Å². The van der Waals surface area contributed by atoms with Crippen LogP contribution in [0, 0.1) is 4.64 Å². The van der Waals surface area contributed by atoms with Gasteiger partial charge in [-0.25, -0.2) is 24.7 Å². The molecule has 4 aromatic heterocycles. The number of aliphatic carboxylic acids is 2. The number of amides is 1. The largest absolute Gasteiger partial charge is 0.481 e. The van der Waals surface area contributed by atoms with Crippen molar-refractivity contribution in [3.63, 3.8) is 0 Å². The van der Waals surface area contributed by atoms with Gasteiger partial charge in [0.05, 0.1) is 37.7 Å². The maximum atomic E-state index is 12.4. The SMILES string of the molecule is CN(Cc1cnc2nc(N)nc(N)c2n1)c1ccc(C(=O)N[C@@H](CCC(=O)O)C(=O)O)cc1.OC[C@H]1O[C@@H](n2cnc3c(=S)nc[nH]c32)[C@H](O)[C@@H]1O. The number of carbonyl (C=O) groups is 3. The van der Waals surface area contributed by atoms with Crippen molar-refractivity contribution in [1.29, 1.82) is 0 Å². The Bertz CT molecular complexity index is 2150. The van der Waals surface area contributed by atoms with Crippen LogP contribution < -0.4 is 21.7 Å². The van der Waals surface area contributed by atoms with Gasteiger partial charge < -0.3 is 56.9 Å². The molecule has 1 aliphatic rings. The molecule has 274 valence electrons. The third-order valence-corrected chi connectivity index (χ3v) is 8.19. The smallest absolute Gasteiger partial charge is 0.326 e. The lowest BCUT2D eigenvalue weighted by Gasteiger charge is -2.19. The number of benzene rings is 1. The van der Waals surface area contributed by atoms with Crippen molar-refractivity contribution in [1.82, 2.24) is 44.8 Å². The highest BCUT2D eigenvalue weighted by Gasteiger charge is 2.43. The number of hydrogen-bond acceptors (Lipinski definition) is 17. The molecule has 0 saturated carbocycles. The van der Waals surface area contributed by atoms with Crippen molar-refractivity contribution in [2.45, 2.75) is 50.0 Å². The van der Waals surface area contributed by atoms with Gasteiger partial charge in [0.25, 0.3) is 5.91 Å². The van der Waals surface area contributed by atoms with Crippen LogP contribution >= 0.6 is 12.2 Å². The number of rotatable bonds is 11. The number of aliphatic hydroxyl groups is 3. The third kappa shape index (κ3) is 8.33.